The number of aliphatic hydroxyl groups excluding tert-OH is 1. The van der Waals surface area contributed by atoms with Gasteiger partial charge in [-0.15, -0.1) is 0 Å². The van der Waals surface area contributed by atoms with E-state index in [1.165, 1.54) is 0 Å². The Morgan fingerprint density at radius 2 is 1.87 bits per heavy atom. The van der Waals surface area contributed by atoms with Gasteiger partial charge in [-0.1, -0.05) is 12.1 Å². The van der Waals surface area contributed by atoms with Crippen LogP contribution in [0.4, 0.5) is 23.5 Å². The highest BCUT2D eigenvalue weighted by molar-refractivity contribution is 5.86. The predicted molar refractivity (Wildman–Crippen MR) is 114 cm³/mol. The number of benzene rings is 2. The Bertz CT molecular complexity index is 1310. The van der Waals surface area contributed by atoms with Gasteiger partial charge in [-0.3, -0.25) is 0 Å². The van der Waals surface area contributed by atoms with Crippen LogP contribution in [-0.2, 0) is 0 Å². The fourth-order valence-electron chi connectivity index (χ4n) is 3.12. The third-order valence-corrected chi connectivity index (χ3v) is 4.45. The van der Waals surface area contributed by atoms with Gasteiger partial charge in [0.25, 0.3) is 0 Å². The molecular weight excluding hydrogens is 384 g/mol. The Morgan fingerprint density at radius 1 is 1.00 bits per heavy atom. The minimum absolute atomic E-state index is 0.0446. The number of aromatic nitrogens is 5. The highest BCUT2D eigenvalue weighted by atomic mass is 16.3. The molecule has 0 spiro atoms. The van der Waals surface area contributed by atoms with Gasteiger partial charge < -0.3 is 30.9 Å². The fraction of sp³-hybridized carbons (Fsp3) is 0.100. The van der Waals surface area contributed by atoms with Crippen LogP contribution in [-0.4, -0.2) is 43.2 Å². The summed E-state index contributed by atoms with van der Waals surface area (Å²) in [5, 5.41) is 15.8. The number of nitrogens with two attached hydrogens (primary N) is 1. The molecule has 6 N–H and O–H groups in total. The highest BCUT2D eigenvalue weighted by Crippen LogP contribution is 2.30. The molecule has 0 aliphatic heterocycles. The van der Waals surface area contributed by atoms with E-state index < -0.39 is 0 Å². The van der Waals surface area contributed by atoms with Crippen LogP contribution in [0.1, 0.15) is 0 Å². The summed E-state index contributed by atoms with van der Waals surface area (Å²) < 4.78 is 6.01. The maximum absolute atomic E-state index is 8.93. The number of aliphatic hydroxyl groups is 1. The molecule has 10 nitrogen and oxygen atoms in total. The number of para-hydroxylation sites is 2. The van der Waals surface area contributed by atoms with Crippen molar-refractivity contribution in [1.29, 1.82) is 0 Å². The van der Waals surface area contributed by atoms with Crippen molar-refractivity contribution in [3.05, 3.63) is 48.5 Å². The Morgan fingerprint density at radius 3 is 2.73 bits per heavy atom. The molecule has 0 atom stereocenters. The summed E-state index contributed by atoms with van der Waals surface area (Å²) in [6, 6.07) is 15.4. The van der Waals surface area contributed by atoms with Crippen LogP contribution in [0, 0.1) is 0 Å². The smallest absolute Gasteiger partial charge is 0.233 e. The van der Waals surface area contributed by atoms with Crippen LogP contribution in [0.25, 0.3) is 33.6 Å². The minimum Gasteiger partial charge on any atom is -0.453 e. The van der Waals surface area contributed by atoms with E-state index in [2.05, 4.69) is 35.6 Å². The summed E-state index contributed by atoms with van der Waals surface area (Å²) in [6.45, 7) is 0.267. The van der Waals surface area contributed by atoms with Gasteiger partial charge in [-0.2, -0.15) is 15.0 Å². The number of hydrogen-bond donors (Lipinski definition) is 5. The maximum Gasteiger partial charge on any atom is 0.233 e. The van der Waals surface area contributed by atoms with Crippen molar-refractivity contribution >= 4 is 45.5 Å². The number of hydrogen-bond acceptors (Lipinski definition) is 9. The molecule has 10 heteroatoms. The second kappa shape index (κ2) is 7.33. The predicted octanol–water partition coefficient (Wildman–Crippen LogP) is 2.89. The van der Waals surface area contributed by atoms with Crippen LogP contribution in [0.15, 0.2) is 52.9 Å². The maximum atomic E-state index is 8.93. The van der Waals surface area contributed by atoms with Gasteiger partial charge in [0.05, 0.1) is 17.6 Å². The Kier molecular flexibility index (Phi) is 4.37. The number of H-pyrrole nitrogens is 1. The average Bonchev–Trinajstić information content (AvgIpc) is 3.35. The van der Waals surface area contributed by atoms with Crippen molar-refractivity contribution in [2.45, 2.75) is 0 Å². The van der Waals surface area contributed by atoms with E-state index in [9.17, 15) is 0 Å². The van der Waals surface area contributed by atoms with Crippen LogP contribution < -0.4 is 16.4 Å². The zero-order valence-corrected chi connectivity index (χ0v) is 15.8. The van der Waals surface area contributed by atoms with Crippen molar-refractivity contribution in [2.75, 3.05) is 29.5 Å². The number of fused-ring (bicyclic) bond motifs is 2. The molecule has 0 bridgehead atoms. The molecule has 150 valence electrons. The van der Waals surface area contributed by atoms with Gasteiger partial charge >= 0.3 is 0 Å². The molecule has 3 aromatic heterocycles. The van der Waals surface area contributed by atoms with Crippen molar-refractivity contribution < 1.29 is 9.52 Å². The number of nitrogens with zero attached hydrogens (tertiary/aromatic N) is 4. The Labute approximate surface area is 170 Å². The summed E-state index contributed by atoms with van der Waals surface area (Å²) in [5.41, 5.74) is 9.00. The van der Waals surface area contributed by atoms with Gasteiger partial charge in [0.15, 0.2) is 11.6 Å². The van der Waals surface area contributed by atoms with Gasteiger partial charge in [0.2, 0.25) is 17.8 Å². The summed E-state index contributed by atoms with van der Waals surface area (Å²) >= 11 is 0. The van der Waals surface area contributed by atoms with E-state index in [0.29, 0.717) is 23.7 Å². The zero-order chi connectivity index (χ0) is 20.5. The topological polar surface area (TPSA) is 151 Å². The number of anilines is 4. The first-order valence-electron chi connectivity index (χ1n) is 9.30. The average molecular weight is 402 g/mol. The van der Waals surface area contributed by atoms with E-state index in [1.54, 1.807) is 0 Å². The molecule has 0 amide bonds. The molecule has 5 rings (SSSR count). The second-order valence-electron chi connectivity index (χ2n) is 6.58. The van der Waals surface area contributed by atoms with E-state index in [0.717, 1.165) is 22.1 Å². The quantitative estimate of drug-likeness (QED) is 0.289. The van der Waals surface area contributed by atoms with Gasteiger partial charge in [0, 0.05) is 23.7 Å². The highest BCUT2D eigenvalue weighted by Gasteiger charge is 2.12. The van der Waals surface area contributed by atoms with Crippen LogP contribution in [0.5, 0.6) is 0 Å². The van der Waals surface area contributed by atoms with E-state index in [4.69, 9.17) is 15.3 Å². The summed E-state index contributed by atoms with van der Waals surface area (Å²) in [4.78, 5) is 20.2. The number of furan rings is 1. The first-order valence-corrected chi connectivity index (χ1v) is 9.30. The Hall–Kier alpha value is -4.18. The molecular formula is C20H18N8O2. The number of rotatable bonds is 6. The number of imidazole rings is 1. The first-order chi connectivity index (χ1) is 14.7. The molecule has 3 heterocycles. The summed E-state index contributed by atoms with van der Waals surface area (Å²) in [6.07, 6.45) is 0. The molecule has 0 aliphatic carbocycles. The standard InChI is InChI=1S/C20H18N8O2/c21-18-26-19(22-7-8-29)28-20(27-18)23-12-6-5-11-9-16(30-15(11)10-12)17-24-13-3-1-2-4-14(13)25-17/h1-6,9-10,29H,7-8H2,(H,24,25)(H4,21,22,23,26,27,28). The molecule has 0 saturated carbocycles. The van der Waals surface area contributed by atoms with Crippen molar-refractivity contribution in [1.82, 2.24) is 24.9 Å². The lowest BCUT2D eigenvalue weighted by molar-refractivity contribution is 0.311. The molecule has 30 heavy (non-hydrogen) atoms. The monoisotopic (exact) mass is 402 g/mol. The summed E-state index contributed by atoms with van der Waals surface area (Å²) in [5.74, 6) is 1.96. The lowest BCUT2D eigenvalue weighted by Crippen LogP contribution is -2.12. The largest absolute Gasteiger partial charge is 0.453 e. The number of nitrogens with one attached hydrogen (secondary N) is 3. The van der Waals surface area contributed by atoms with Crippen LogP contribution >= 0.6 is 0 Å². The van der Waals surface area contributed by atoms with Crippen LogP contribution in [0.3, 0.4) is 0 Å². The van der Waals surface area contributed by atoms with E-state index in [1.807, 2.05) is 48.5 Å². The zero-order valence-electron chi connectivity index (χ0n) is 15.8. The normalized spacial score (nSPS) is 11.2. The minimum atomic E-state index is -0.0446. The molecule has 0 saturated heterocycles. The van der Waals surface area contributed by atoms with Gasteiger partial charge in [-0.05, 0) is 30.3 Å². The lowest BCUT2D eigenvalue weighted by Gasteiger charge is -2.08. The van der Waals surface area contributed by atoms with Crippen molar-refractivity contribution in [3.63, 3.8) is 0 Å². The summed E-state index contributed by atoms with van der Waals surface area (Å²) in [7, 11) is 0. The van der Waals surface area contributed by atoms with Crippen LogP contribution in [0.2, 0.25) is 0 Å². The molecule has 0 fully saturated rings. The van der Waals surface area contributed by atoms with Gasteiger partial charge in [-0.25, -0.2) is 4.98 Å². The third-order valence-electron chi connectivity index (χ3n) is 4.45. The molecule has 0 unspecified atom stereocenters. The SMILES string of the molecule is Nc1nc(NCCO)nc(Nc2ccc3cc(-c4nc5ccccc5[nH]4)oc3c2)n1. The molecule has 0 radical (unpaired) electrons. The van der Waals surface area contributed by atoms with Crippen molar-refractivity contribution in [3.8, 4) is 11.6 Å². The number of nitrogen functional groups attached to an aromatic ring is 1. The fourth-order valence-corrected chi connectivity index (χ4v) is 3.12. The first kappa shape index (κ1) is 17.9. The molecule has 0 aliphatic rings. The Balaban J connectivity index is 1.43. The molecule has 2 aromatic carbocycles. The lowest BCUT2D eigenvalue weighted by atomic mass is 10.2. The second-order valence-corrected chi connectivity index (χ2v) is 6.58. The van der Waals surface area contributed by atoms with E-state index >= 15 is 0 Å². The van der Waals surface area contributed by atoms with Crippen molar-refractivity contribution in [2.24, 2.45) is 0 Å². The molecule has 5 aromatic rings. The third kappa shape index (κ3) is 3.47. The number of aromatic amines is 1. The van der Waals surface area contributed by atoms with Gasteiger partial charge in [0.1, 0.15) is 5.58 Å². The van der Waals surface area contributed by atoms with E-state index in [-0.39, 0.29) is 24.5 Å².